The maximum atomic E-state index is 12.4. The molecule has 1 aromatic heterocycles. The number of hydrogen-bond acceptors (Lipinski definition) is 6. The monoisotopic (exact) mass is 341 g/mol. The van der Waals surface area contributed by atoms with Crippen LogP contribution in [-0.2, 0) is 4.74 Å². The molecule has 0 aliphatic carbocycles. The molecule has 0 radical (unpaired) electrons. The van der Waals surface area contributed by atoms with Crippen molar-refractivity contribution >= 4 is 23.7 Å². The standard InChI is InChI=1S/C18H23N5O2/c1-3-25-13-8-9-23(11-13)18-21-16(19)14(17(24)22-18)10-20-15-7-5-4-6-12(15)2/h4-7,10,13H,3,8-9,11H2,1-2H3,(H3,19,21,22,24). The van der Waals surface area contributed by atoms with Crippen molar-refractivity contribution in [3.8, 4) is 0 Å². The molecule has 7 nitrogen and oxygen atoms in total. The number of nitrogens with one attached hydrogen (secondary N) is 1. The number of ether oxygens (including phenoxy) is 1. The fourth-order valence-electron chi connectivity index (χ4n) is 2.90. The number of anilines is 2. The second-order valence-electron chi connectivity index (χ2n) is 6.05. The van der Waals surface area contributed by atoms with E-state index in [1.807, 2.05) is 43.0 Å². The normalized spacial score (nSPS) is 17.5. The number of aliphatic imine (C=N–C) groups is 1. The molecule has 1 aliphatic heterocycles. The van der Waals surface area contributed by atoms with Crippen molar-refractivity contribution in [1.29, 1.82) is 0 Å². The number of nitrogens with two attached hydrogens (primary N) is 1. The highest BCUT2D eigenvalue weighted by Crippen LogP contribution is 2.20. The number of H-pyrrole nitrogens is 1. The average Bonchev–Trinajstić information content (AvgIpc) is 3.04. The first-order chi connectivity index (χ1) is 12.1. The Hall–Kier alpha value is -2.67. The molecule has 0 saturated carbocycles. The first-order valence-corrected chi connectivity index (χ1v) is 8.44. The lowest BCUT2D eigenvalue weighted by molar-refractivity contribution is 0.0787. The Bertz CT molecular complexity index is 830. The van der Waals surface area contributed by atoms with E-state index in [-0.39, 0.29) is 23.0 Å². The zero-order valence-corrected chi connectivity index (χ0v) is 14.5. The summed E-state index contributed by atoms with van der Waals surface area (Å²) in [6.45, 7) is 6.10. The van der Waals surface area contributed by atoms with Gasteiger partial charge in [-0.1, -0.05) is 18.2 Å². The number of aromatic nitrogens is 2. The van der Waals surface area contributed by atoms with E-state index in [9.17, 15) is 4.79 Å². The molecule has 1 aromatic carbocycles. The van der Waals surface area contributed by atoms with Gasteiger partial charge in [0, 0.05) is 25.9 Å². The molecule has 0 bridgehead atoms. The molecule has 132 valence electrons. The zero-order chi connectivity index (χ0) is 17.8. The number of nitrogen functional groups attached to an aromatic ring is 1. The number of aryl methyl sites for hydroxylation is 1. The van der Waals surface area contributed by atoms with E-state index in [4.69, 9.17) is 10.5 Å². The van der Waals surface area contributed by atoms with Crippen LogP contribution >= 0.6 is 0 Å². The summed E-state index contributed by atoms with van der Waals surface area (Å²) in [6, 6.07) is 7.69. The van der Waals surface area contributed by atoms with Crippen molar-refractivity contribution in [3.63, 3.8) is 0 Å². The SMILES string of the molecule is CCOC1CCN(c2nc(N)c(C=Nc3ccccc3C)c(=O)[nH]2)C1. The Morgan fingerprint density at radius 3 is 3.00 bits per heavy atom. The summed E-state index contributed by atoms with van der Waals surface area (Å²) >= 11 is 0. The molecule has 0 amide bonds. The lowest BCUT2D eigenvalue weighted by atomic mass is 10.2. The fraction of sp³-hybridized carbons (Fsp3) is 0.389. The Kier molecular flexibility index (Phi) is 5.14. The van der Waals surface area contributed by atoms with Gasteiger partial charge >= 0.3 is 0 Å². The largest absolute Gasteiger partial charge is 0.383 e. The molecular weight excluding hydrogens is 318 g/mol. The van der Waals surface area contributed by atoms with Crippen LogP contribution in [0.2, 0.25) is 0 Å². The maximum Gasteiger partial charge on any atom is 0.263 e. The predicted octanol–water partition coefficient (Wildman–Crippen LogP) is 2.03. The first kappa shape index (κ1) is 17.2. The molecule has 2 heterocycles. The Labute approximate surface area is 146 Å². The summed E-state index contributed by atoms with van der Waals surface area (Å²) in [4.78, 5) is 25.9. The van der Waals surface area contributed by atoms with E-state index >= 15 is 0 Å². The van der Waals surface area contributed by atoms with Crippen LogP contribution in [-0.4, -0.2) is 42.0 Å². The van der Waals surface area contributed by atoms with Gasteiger partial charge in [0.2, 0.25) is 5.95 Å². The molecule has 1 fully saturated rings. The second-order valence-corrected chi connectivity index (χ2v) is 6.05. The third kappa shape index (κ3) is 3.88. The van der Waals surface area contributed by atoms with Crippen molar-refractivity contribution in [1.82, 2.24) is 9.97 Å². The molecule has 3 rings (SSSR count). The van der Waals surface area contributed by atoms with Gasteiger partial charge in [-0.3, -0.25) is 14.8 Å². The third-order valence-corrected chi connectivity index (χ3v) is 4.27. The molecule has 1 aliphatic rings. The van der Waals surface area contributed by atoms with Gasteiger partial charge in [0.05, 0.1) is 11.8 Å². The predicted molar refractivity (Wildman–Crippen MR) is 99.9 cm³/mol. The highest BCUT2D eigenvalue weighted by Gasteiger charge is 2.25. The van der Waals surface area contributed by atoms with E-state index in [0.717, 1.165) is 24.2 Å². The number of para-hydroxylation sites is 1. The van der Waals surface area contributed by atoms with Gasteiger partial charge in [-0.25, -0.2) is 0 Å². The highest BCUT2D eigenvalue weighted by atomic mass is 16.5. The lowest BCUT2D eigenvalue weighted by Crippen LogP contribution is -2.28. The smallest absolute Gasteiger partial charge is 0.263 e. The van der Waals surface area contributed by atoms with Crippen LogP contribution in [0.1, 0.15) is 24.5 Å². The van der Waals surface area contributed by atoms with E-state index in [2.05, 4.69) is 15.0 Å². The van der Waals surface area contributed by atoms with Crippen LogP contribution in [0.5, 0.6) is 0 Å². The van der Waals surface area contributed by atoms with Crippen molar-refractivity contribution in [2.45, 2.75) is 26.4 Å². The Morgan fingerprint density at radius 2 is 2.28 bits per heavy atom. The van der Waals surface area contributed by atoms with Crippen LogP contribution in [0, 0.1) is 6.92 Å². The summed E-state index contributed by atoms with van der Waals surface area (Å²) in [7, 11) is 0. The van der Waals surface area contributed by atoms with E-state index < -0.39 is 0 Å². The van der Waals surface area contributed by atoms with Crippen molar-refractivity contribution in [3.05, 3.63) is 45.7 Å². The highest BCUT2D eigenvalue weighted by molar-refractivity contribution is 5.87. The van der Waals surface area contributed by atoms with Gasteiger partial charge in [-0.15, -0.1) is 0 Å². The molecule has 3 N–H and O–H groups in total. The van der Waals surface area contributed by atoms with E-state index in [0.29, 0.717) is 19.1 Å². The molecule has 0 spiro atoms. The van der Waals surface area contributed by atoms with Gasteiger partial charge in [0.25, 0.3) is 5.56 Å². The van der Waals surface area contributed by atoms with Crippen LogP contribution in [0.25, 0.3) is 0 Å². The minimum atomic E-state index is -0.292. The van der Waals surface area contributed by atoms with E-state index in [1.54, 1.807) is 0 Å². The zero-order valence-electron chi connectivity index (χ0n) is 14.5. The second kappa shape index (κ2) is 7.48. The summed E-state index contributed by atoms with van der Waals surface area (Å²) in [5.74, 6) is 0.661. The molecular formula is C18H23N5O2. The third-order valence-electron chi connectivity index (χ3n) is 4.27. The summed E-state index contributed by atoms with van der Waals surface area (Å²) in [5, 5.41) is 0. The van der Waals surface area contributed by atoms with Gasteiger partial charge in [-0.05, 0) is 31.9 Å². The topological polar surface area (TPSA) is 96.6 Å². The van der Waals surface area contributed by atoms with Gasteiger partial charge in [0.1, 0.15) is 11.4 Å². The lowest BCUT2D eigenvalue weighted by Gasteiger charge is -2.17. The average molecular weight is 341 g/mol. The van der Waals surface area contributed by atoms with Crippen molar-refractivity contribution < 1.29 is 4.74 Å². The van der Waals surface area contributed by atoms with Crippen LogP contribution in [0.15, 0.2) is 34.1 Å². The number of rotatable bonds is 5. The molecule has 1 atom stereocenters. The summed E-state index contributed by atoms with van der Waals surface area (Å²) in [5.41, 5.74) is 7.81. The number of nitrogens with zero attached hydrogens (tertiary/aromatic N) is 3. The Morgan fingerprint density at radius 1 is 1.48 bits per heavy atom. The van der Waals surface area contributed by atoms with Crippen LogP contribution in [0.3, 0.4) is 0 Å². The van der Waals surface area contributed by atoms with E-state index in [1.165, 1.54) is 6.21 Å². The van der Waals surface area contributed by atoms with Gasteiger partial charge < -0.3 is 15.4 Å². The number of benzene rings is 1. The quantitative estimate of drug-likeness (QED) is 0.811. The van der Waals surface area contributed by atoms with Crippen LogP contribution < -0.4 is 16.2 Å². The molecule has 1 saturated heterocycles. The minimum absolute atomic E-state index is 0.166. The molecule has 7 heteroatoms. The number of hydrogen-bond donors (Lipinski definition) is 2. The minimum Gasteiger partial charge on any atom is -0.383 e. The molecule has 25 heavy (non-hydrogen) atoms. The van der Waals surface area contributed by atoms with Gasteiger partial charge in [0.15, 0.2) is 0 Å². The number of aromatic amines is 1. The summed E-state index contributed by atoms with van der Waals surface area (Å²) < 4.78 is 5.62. The first-order valence-electron chi connectivity index (χ1n) is 8.44. The fourth-order valence-corrected chi connectivity index (χ4v) is 2.90. The van der Waals surface area contributed by atoms with Gasteiger partial charge in [-0.2, -0.15) is 4.98 Å². The molecule has 2 aromatic rings. The van der Waals surface area contributed by atoms with Crippen molar-refractivity contribution in [2.75, 3.05) is 30.3 Å². The maximum absolute atomic E-state index is 12.4. The molecule has 1 unspecified atom stereocenters. The summed E-state index contributed by atoms with van der Waals surface area (Å²) in [6.07, 6.45) is 2.55. The van der Waals surface area contributed by atoms with Crippen LogP contribution in [0.4, 0.5) is 17.5 Å². The van der Waals surface area contributed by atoms with Crippen molar-refractivity contribution in [2.24, 2.45) is 4.99 Å². The Balaban J connectivity index is 1.82.